The van der Waals surface area contributed by atoms with Gasteiger partial charge in [-0.15, -0.1) is 11.3 Å². The lowest BCUT2D eigenvalue weighted by Crippen LogP contribution is -2.20. The molecule has 0 radical (unpaired) electrons. The summed E-state index contributed by atoms with van der Waals surface area (Å²) in [6, 6.07) is 6.99. The predicted octanol–water partition coefficient (Wildman–Crippen LogP) is 3.40. The van der Waals surface area contributed by atoms with Crippen LogP contribution in [-0.4, -0.2) is 28.3 Å². The van der Waals surface area contributed by atoms with Crippen molar-refractivity contribution < 1.29 is 14.3 Å². The lowest BCUT2D eigenvalue weighted by Gasteiger charge is -2.07. The number of aromatic nitrogens is 2. The van der Waals surface area contributed by atoms with E-state index >= 15 is 0 Å². The first-order valence-electron chi connectivity index (χ1n) is 7.22. The number of halogens is 2. The van der Waals surface area contributed by atoms with E-state index in [0.717, 1.165) is 21.5 Å². The highest BCUT2D eigenvalue weighted by Gasteiger charge is 2.19. The number of benzene rings is 1. The van der Waals surface area contributed by atoms with E-state index in [-0.39, 0.29) is 0 Å². The molecule has 0 unspecified atom stereocenters. The minimum absolute atomic E-state index is 0.371. The molecule has 1 aromatic carbocycles. The number of rotatable bonds is 5. The van der Waals surface area contributed by atoms with Crippen LogP contribution in [0.2, 0.25) is 10.0 Å². The van der Waals surface area contributed by atoms with Gasteiger partial charge in [0.2, 0.25) is 0 Å². The number of ether oxygens (including phenoxy) is 1. The Morgan fingerprint density at radius 1 is 1.32 bits per heavy atom. The van der Waals surface area contributed by atoms with Crippen molar-refractivity contribution in [1.82, 2.24) is 9.78 Å². The van der Waals surface area contributed by atoms with Crippen LogP contribution in [0.4, 0.5) is 0 Å². The molecule has 25 heavy (non-hydrogen) atoms. The summed E-state index contributed by atoms with van der Waals surface area (Å²) in [5.41, 5.74) is 6.50. The molecule has 0 atom stereocenters. The van der Waals surface area contributed by atoms with Crippen molar-refractivity contribution in [2.45, 2.75) is 13.5 Å². The fraction of sp³-hybridized carbons (Fsp3) is 0.188. The number of primary amides is 1. The highest BCUT2D eigenvalue weighted by Crippen LogP contribution is 2.31. The van der Waals surface area contributed by atoms with Crippen LogP contribution in [0.15, 0.2) is 24.3 Å². The van der Waals surface area contributed by atoms with Gasteiger partial charge in [-0.2, -0.15) is 5.10 Å². The lowest BCUT2D eigenvalue weighted by molar-refractivity contribution is -0.121. The number of nitrogens with two attached hydrogens (primary N) is 1. The summed E-state index contributed by atoms with van der Waals surface area (Å²) in [5, 5.41) is 6.41. The summed E-state index contributed by atoms with van der Waals surface area (Å²) < 4.78 is 6.59. The van der Waals surface area contributed by atoms with E-state index in [1.807, 2.05) is 6.92 Å². The van der Waals surface area contributed by atoms with Gasteiger partial charge in [0, 0.05) is 21.0 Å². The lowest BCUT2D eigenvalue weighted by atomic mass is 10.2. The zero-order valence-electron chi connectivity index (χ0n) is 13.1. The molecule has 0 aliphatic carbocycles. The highest BCUT2D eigenvalue weighted by molar-refractivity contribution is 7.20. The molecule has 3 rings (SSSR count). The number of esters is 1. The Hall–Kier alpha value is -2.09. The average Bonchev–Trinajstić information content (AvgIpc) is 3.10. The molecule has 0 aliphatic rings. The number of thiophene rings is 1. The minimum Gasteiger partial charge on any atom is -0.451 e. The minimum atomic E-state index is -0.704. The van der Waals surface area contributed by atoms with Gasteiger partial charge in [0.25, 0.3) is 5.91 Å². The van der Waals surface area contributed by atoms with Gasteiger partial charge in [0.1, 0.15) is 9.71 Å². The largest absolute Gasteiger partial charge is 0.451 e. The molecule has 0 saturated carbocycles. The number of hydrogen-bond donors (Lipinski definition) is 1. The number of carbonyl (C=O) groups excluding carboxylic acids is 2. The van der Waals surface area contributed by atoms with Gasteiger partial charge in [-0.1, -0.05) is 29.3 Å². The van der Waals surface area contributed by atoms with Crippen molar-refractivity contribution >= 4 is 56.6 Å². The summed E-state index contributed by atoms with van der Waals surface area (Å²) in [4.78, 5) is 23.9. The van der Waals surface area contributed by atoms with E-state index in [9.17, 15) is 9.59 Å². The van der Waals surface area contributed by atoms with Crippen molar-refractivity contribution in [3.63, 3.8) is 0 Å². The second-order valence-electron chi connectivity index (χ2n) is 5.32. The molecule has 2 aromatic heterocycles. The summed E-state index contributed by atoms with van der Waals surface area (Å²) in [7, 11) is 0. The van der Waals surface area contributed by atoms with E-state index in [4.69, 9.17) is 33.7 Å². The van der Waals surface area contributed by atoms with E-state index in [1.54, 1.807) is 28.9 Å². The van der Waals surface area contributed by atoms with Crippen LogP contribution in [0.5, 0.6) is 0 Å². The van der Waals surface area contributed by atoms with Gasteiger partial charge in [0.05, 0.1) is 12.2 Å². The van der Waals surface area contributed by atoms with E-state index in [2.05, 4.69) is 5.10 Å². The maximum absolute atomic E-state index is 12.0. The molecular weight excluding hydrogens is 385 g/mol. The van der Waals surface area contributed by atoms with Crippen molar-refractivity contribution in [1.29, 1.82) is 0 Å². The van der Waals surface area contributed by atoms with Gasteiger partial charge in [-0.25, -0.2) is 9.48 Å². The van der Waals surface area contributed by atoms with Gasteiger partial charge in [-0.3, -0.25) is 4.79 Å². The summed E-state index contributed by atoms with van der Waals surface area (Å²) >= 11 is 13.7. The van der Waals surface area contributed by atoms with Crippen LogP contribution < -0.4 is 5.73 Å². The molecule has 2 heterocycles. The number of aryl methyl sites for hydroxylation is 1. The van der Waals surface area contributed by atoms with Crippen LogP contribution in [0.25, 0.3) is 10.2 Å². The monoisotopic (exact) mass is 397 g/mol. The molecule has 0 saturated heterocycles. The zero-order valence-corrected chi connectivity index (χ0v) is 15.4. The molecule has 2 N–H and O–H groups in total. The number of amides is 1. The van der Waals surface area contributed by atoms with Crippen LogP contribution in [0.3, 0.4) is 0 Å². The number of hydrogen-bond acceptors (Lipinski definition) is 5. The van der Waals surface area contributed by atoms with Crippen molar-refractivity contribution in [3.05, 3.63) is 50.4 Å². The maximum Gasteiger partial charge on any atom is 0.348 e. The smallest absolute Gasteiger partial charge is 0.348 e. The Kier molecular flexibility index (Phi) is 4.99. The third-order valence-corrected chi connectivity index (χ3v) is 5.36. The third-order valence-electron chi connectivity index (χ3n) is 3.52. The molecule has 0 aliphatic heterocycles. The Morgan fingerprint density at radius 2 is 2.00 bits per heavy atom. The molecular formula is C16H13Cl2N3O3S. The van der Waals surface area contributed by atoms with E-state index in [0.29, 0.717) is 21.5 Å². The first-order valence-corrected chi connectivity index (χ1v) is 8.79. The molecule has 0 fully saturated rings. The third kappa shape index (κ3) is 3.63. The van der Waals surface area contributed by atoms with Crippen molar-refractivity contribution in [2.75, 3.05) is 6.61 Å². The first kappa shape index (κ1) is 17.7. The predicted molar refractivity (Wildman–Crippen MR) is 97.4 cm³/mol. The summed E-state index contributed by atoms with van der Waals surface area (Å²) in [5.74, 6) is -1.30. The van der Waals surface area contributed by atoms with E-state index in [1.165, 1.54) is 11.3 Å². The Bertz CT molecular complexity index is 960. The second-order valence-corrected chi connectivity index (χ2v) is 7.16. The zero-order chi connectivity index (χ0) is 18.1. The van der Waals surface area contributed by atoms with Crippen LogP contribution in [0.1, 0.15) is 20.9 Å². The fourth-order valence-electron chi connectivity index (χ4n) is 2.36. The van der Waals surface area contributed by atoms with Gasteiger partial charge < -0.3 is 10.5 Å². The first-order chi connectivity index (χ1) is 11.9. The SMILES string of the molecule is Cc1nn(Cc2c(Cl)cccc2Cl)c2sc(C(=O)OCC(N)=O)cc12. The number of carbonyl (C=O) groups is 2. The molecule has 1 amide bonds. The van der Waals surface area contributed by atoms with Crippen LogP contribution in [0, 0.1) is 6.92 Å². The molecule has 6 nitrogen and oxygen atoms in total. The van der Waals surface area contributed by atoms with Gasteiger partial charge in [0.15, 0.2) is 6.61 Å². The van der Waals surface area contributed by atoms with Crippen LogP contribution >= 0.6 is 34.5 Å². The Balaban J connectivity index is 1.95. The fourth-order valence-corrected chi connectivity index (χ4v) is 3.93. The normalized spacial score (nSPS) is 11.0. The van der Waals surface area contributed by atoms with Gasteiger partial charge in [-0.05, 0) is 25.1 Å². The van der Waals surface area contributed by atoms with Crippen molar-refractivity contribution in [3.8, 4) is 0 Å². The molecule has 9 heteroatoms. The molecule has 0 spiro atoms. The van der Waals surface area contributed by atoms with Crippen molar-refractivity contribution in [2.24, 2.45) is 5.73 Å². The quantitative estimate of drug-likeness (QED) is 0.668. The highest BCUT2D eigenvalue weighted by atomic mass is 35.5. The molecule has 0 bridgehead atoms. The van der Waals surface area contributed by atoms with Crippen LogP contribution in [-0.2, 0) is 16.1 Å². The summed E-state index contributed by atoms with van der Waals surface area (Å²) in [6.07, 6.45) is 0. The molecule has 3 aromatic rings. The maximum atomic E-state index is 12.0. The topological polar surface area (TPSA) is 87.2 Å². The van der Waals surface area contributed by atoms with Gasteiger partial charge >= 0.3 is 5.97 Å². The Labute approximate surface area is 157 Å². The second kappa shape index (κ2) is 7.03. The number of nitrogens with zero attached hydrogens (tertiary/aromatic N) is 2. The van der Waals surface area contributed by atoms with E-state index < -0.39 is 18.5 Å². The Morgan fingerprint density at radius 3 is 2.64 bits per heavy atom. The summed E-state index contributed by atoms with van der Waals surface area (Å²) in [6.45, 7) is 1.77. The molecule has 130 valence electrons. The number of fused-ring (bicyclic) bond motifs is 1. The standard InChI is InChI=1S/C16H13Cl2N3O3S/c1-8-9-5-13(16(23)24-7-14(19)22)25-15(9)21(20-8)6-10-11(17)3-2-4-12(10)18/h2-5H,6-7H2,1H3,(H2,19,22). The average molecular weight is 398 g/mol.